The van der Waals surface area contributed by atoms with Crippen LogP contribution in [0.2, 0.25) is 39.3 Å². The number of hydrogen-bond donors (Lipinski definition) is 0. The van der Waals surface area contributed by atoms with Gasteiger partial charge in [-0.15, -0.1) is 0 Å². The zero-order valence-corrected chi connectivity index (χ0v) is 15.3. The fourth-order valence-electron chi connectivity index (χ4n) is 0.884. The van der Waals surface area contributed by atoms with Crippen LogP contribution >= 0.6 is 0 Å². The van der Waals surface area contributed by atoms with Crippen molar-refractivity contribution in [2.75, 3.05) is 25.7 Å². The maximum Gasteiger partial charge on any atom is 0.508 e. The molecule has 0 bridgehead atoms. The van der Waals surface area contributed by atoms with Gasteiger partial charge in [0.25, 0.3) is 0 Å². The molecule has 8 heteroatoms. The second-order valence-corrected chi connectivity index (χ2v) is 17.7. The molecule has 0 saturated heterocycles. The molecule has 118 valence electrons. The van der Waals surface area contributed by atoms with Gasteiger partial charge in [0.15, 0.2) is 0 Å². The quantitative estimate of drug-likeness (QED) is 0.407. The molecular weight excluding hydrogens is 296 g/mol. The maximum atomic E-state index is 11.2. The van der Waals surface area contributed by atoms with Gasteiger partial charge in [-0.25, -0.2) is 9.59 Å². The van der Waals surface area contributed by atoms with Gasteiger partial charge in [-0.3, -0.25) is 0 Å². The van der Waals surface area contributed by atoms with Crippen molar-refractivity contribution >= 4 is 28.5 Å². The molecule has 0 unspecified atom stereocenters. The minimum Gasteiger partial charge on any atom is -0.438 e. The summed E-state index contributed by atoms with van der Waals surface area (Å²) in [6, 6.07) is 0. The van der Waals surface area contributed by atoms with E-state index in [1.165, 1.54) is 0 Å². The third-order valence-corrected chi connectivity index (χ3v) is 3.79. The molecule has 0 aliphatic rings. The molecule has 6 nitrogen and oxygen atoms in total. The van der Waals surface area contributed by atoms with Crippen LogP contribution in [-0.2, 0) is 18.9 Å². The lowest BCUT2D eigenvalue weighted by Gasteiger charge is -2.16. The van der Waals surface area contributed by atoms with Gasteiger partial charge in [-0.1, -0.05) is 39.3 Å². The first-order chi connectivity index (χ1) is 8.99. The zero-order valence-electron chi connectivity index (χ0n) is 13.3. The Balaban J connectivity index is 3.61. The highest BCUT2D eigenvalue weighted by Gasteiger charge is 2.18. The van der Waals surface area contributed by atoms with Gasteiger partial charge < -0.3 is 18.9 Å². The van der Waals surface area contributed by atoms with Crippen molar-refractivity contribution in [1.82, 2.24) is 0 Å². The summed E-state index contributed by atoms with van der Waals surface area (Å²) >= 11 is 0. The summed E-state index contributed by atoms with van der Waals surface area (Å²) in [4.78, 5) is 22.4. The number of carbonyl (C=O) groups excluding carboxylic acids is 2. The monoisotopic (exact) mass is 322 g/mol. The van der Waals surface area contributed by atoms with Crippen molar-refractivity contribution in [3.63, 3.8) is 0 Å². The highest BCUT2D eigenvalue weighted by atomic mass is 28.3. The highest BCUT2D eigenvalue weighted by Crippen LogP contribution is 2.02. The molecule has 0 aliphatic heterocycles. The van der Waals surface area contributed by atoms with E-state index in [0.717, 1.165) is 0 Å². The van der Waals surface area contributed by atoms with E-state index in [0.29, 0.717) is 12.5 Å². The Hall–Kier alpha value is -1.03. The van der Waals surface area contributed by atoms with Crippen molar-refractivity contribution < 1.29 is 28.5 Å². The van der Waals surface area contributed by atoms with Crippen LogP contribution in [0, 0.1) is 0 Å². The van der Waals surface area contributed by atoms with Gasteiger partial charge in [-0.05, 0) is 0 Å². The number of ether oxygens (including phenoxy) is 4. The van der Waals surface area contributed by atoms with Gasteiger partial charge in [0.1, 0.15) is 13.2 Å². The molecule has 0 atom stereocenters. The summed E-state index contributed by atoms with van der Waals surface area (Å²) in [5.41, 5.74) is 0. The fraction of sp³-hybridized carbons (Fsp3) is 0.833. The van der Waals surface area contributed by atoms with Crippen molar-refractivity contribution in [3.8, 4) is 0 Å². The summed E-state index contributed by atoms with van der Waals surface area (Å²) in [6.45, 7) is 12.4. The van der Waals surface area contributed by atoms with E-state index in [4.69, 9.17) is 18.9 Å². The number of rotatable bonds is 7. The highest BCUT2D eigenvalue weighted by molar-refractivity contribution is 6.76. The van der Waals surface area contributed by atoms with Crippen molar-refractivity contribution in [3.05, 3.63) is 0 Å². The smallest absolute Gasteiger partial charge is 0.438 e. The zero-order chi connectivity index (χ0) is 15.8. The Labute approximate surface area is 122 Å². The van der Waals surface area contributed by atoms with E-state index in [-0.39, 0.29) is 13.2 Å². The van der Waals surface area contributed by atoms with E-state index < -0.39 is 28.5 Å². The summed E-state index contributed by atoms with van der Waals surface area (Å²) in [6.07, 6.45) is -0.645. The Morgan fingerprint density at radius 3 is 1.20 bits per heavy atom. The molecule has 0 heterocycles. The Morgan fingerprint density at radius 1 is 0.650 bits per heavy atom. The van der Waals surface area contributed by atoms with Crippen LogP contribution in [0.15, 0.2) is 0 Å². The van der Waals surface area contributed by atoms with E-state index in [1.54, 1.807) is 0 Å². The number of hydrogen-bond acceptors (Lipinski definition) is 6. The van der Waals surface area contributed by atoms with E-state index in [9.17, 15) is 9.59 Å². The molecule has 0 aliphatic carbocycles. The fourth-order valence-corrected chi connectivity index (χ4v) is 1.99. The number of carbonyl (C=O) groups is 2. The van der Waals surface area contributed by atoms with E-state index >= 15 is 0 Å². The summed E-state index contributed by atoms with van der Waals surface area (Å²) in [5, 5.41) is 0. The molecule has 0 amide bonds. The standard InChI is InChI=1S/C12H26O6Si2/c1-19(2,3)9-17-11(13)15-7-8-16-12(14)18-10-20(4,5)6/h7-10H2,1-6H3. The van der Waals surface area contributed by atoms with Gasteiger partial charge in [0.05, 0.1) is 28.6 Å². The molecule has 0 N–H and O–H groups in total. The van der Waals surface area contributed by atoms with Crippen LogP contribution in [0.4, 0.5) is 9.59 Å². The molecule has 0 radical (unpaired) electrons. The third kappa shape index (κ3) is 13.4. The molecule has 0 fully saturated rings. The molecule has 0 aromatic heterocycles. The van der Waals surface area contributed by atoms with Crippen LogP contribution in [0.1, 0.15) is 0 Å². The SMILES string of the molecule is C[Si](C)(C)COC(=O)OCCOC(=O)OC[Si](C)(C)C. The summed E-state index contributed by atoms with van der Waals surface area (Å²) in [7, 11) is -2.88. The molecule has 0 aromatic rings. The molecular formula is C12H26O6Si2. The maximum absolute atomic E-state index is 11.2. The van der Waals surface area contributed by atoms with Crippen molar-refractivity contribution in [2.45, 2.75) is 39.3 Å². The minimum atomic E-state index is -1.44. The van der Waals surface area contributed by atoms with Crippen LogP contribution in [0.5, 0.6) is 0 Å². The second kappa shape index (κ2) is 8.30. The van der Waals surface area contributed by atoms with Crippen molar-refractivity contribution in [1.29, 1.82) is 0 Å². The summed E-state index contributed by atoms with van der Waals surface area (Å²) in [5.74, 6) is 0. The molecule has 0 aromatic carbocycles. The second-order valence-electron chi connectivity index (χ2n) is 6.90. The van der Waals surface area contributed by atoms with Crippen LogP contribution < -0.4 is 0 Å². The largest absolute Gasteiger partial charge is 0.508 e. The Bertz CT molecular complexity index is 287. The third-order valence-electron chi connectivity index (χ3n) is 1.77. The first-order valence-corrected chi connectivity index (χ1v) is 14.0. The molecule has 0 saturated carbocycles. The van der Waals surface area contributed by atoms with Crippen LogP contribution in [0.3, 0.4) is 0 Å². The Morgan fingerprint density at radius 2 is 0.950 bits per heavy atom. The molecule has 0 rings (SSSR count). The minimum absolute atomic E-state index is 0.0351. The van der Waals surface area contributed by atoms with Gasteiger partial charge >= 0.3 is 12.3 Å². The lowest BCUT2D eigenvalue weighted by Crippen LogP contribution is -2.31. The lowest BCUT2D eigenvalue weighted by atomic mass is 10.8. The predicted octanol–water partition coefficient (Wildman–Crippen LogP) is 3.05. The molecule has 0 spiro atoms. The van der Waals surface area contributed by atoms with Crippen LogP contribution in [0.25, 0.3) is 0 Å². The lowest BCUT2D eigenvalue weighted by molar-refractivity contribution is 0.0269. The van der Waals surface area contributed by atoms with Gasteiger partial charge in [0.2, 0.25) is 0 Å². The average molecular weight is 323 g/mol. The van der Waals surface area contributed by atoms with Gasteiger partial charge in [-0.2, -0.15) is 0 Å². The van der Waals surface area contributed by atoms with Gasteiger partial charge in [0, 0.05) is 0 Å². The summed E-state index contributed by atoms with van der Waals surface area (Å²) < 4.78 is 19.4. The average Bonchev–Trinajstić information content (AvgIpc) is 2.27. The van der Waals surface area contributed by atoms with E-state index in [1.807, 2.05) is 0 Å². The molecule has 20 heavy (non-hydrogen) atoms. The van der Waals surface area contributed by atoms with Crippen LogP contribution in [-0.4, -0.2) is 54.1 Å². The first kappa shape index (κ1) is 19.0. The Kier molecular flexibility index (Phi) is 7.88. The van der Waals surface area contributed by atoms with E-state index in [2.05, 4.69) is 39.3 Å². The predicted molar refractivity (Wildman–Crippen MR) is 81.3 cm³/mol. The topological polar surface area (TPSA) is 71.1 Å². The van der Waals surface area contributed by atoms with Crippen molar-refractivity contribution in [2.24, 2.45) is 0 Å². The first-order valence-electron chi connectivity index (χ1n) is 6.59. The normalized spacial score (nSPS) is 11.7.